The van der Waals surface area contributed by atoms with E-state index in [-0.39, 0.29) is 6.42 Å². The first-order valence-corrected chi connectivity index (χ1v) is 8.20. The van der Waals surface area contributed by atoms with Gasteiger partial charge in [0.15, 0.2) is 0 Å². The van der Waals surface area contributed by atoms with Crippen molar-refractivity contribution in [2.45, 2.75) is 43.4 Å². The average molecular weight is 446 g/mol. The molecule has 0 aliphatic rings. The summed E-state index contributed by atoms with van der Waals surface area (Å²) < 4.78 is 93.5. The lowest BCUT2D eigenvalue weighted by molar-refractivity contribution is -0.344. The average Bonchev–Trinajstić information content (AvgIpc) is 2.66. The van der Waals surface area contributed by atoms with Crippen molar-refractivity contribution in [2.75, 3.05) is 7.11 Å². The fourth-order valence-electron chi connectivity index (χ4n) is 2.16. The number of alkyl halides is 7. The molecule has 0 fully saturated rings. The van der Waals surface area contributed by atoms with E-state index in [1.54, 1.807) is 30.3 Å². The van der Waals surface area contributed by atoms with E-state index >= 15 is 0 Å². The fourth-order valence-corrected chi connectivity index (χ4v) is 2.16. The molecule has 0 aromatic heterocycles. The van der Waals surface area contributed by atoms with Gasteiger partial charge in [0.05, 0.1) is 7.11 Å². The first-order valence-electron chi connectivity index (χ1n) is 8.20. The Balaban J connectivity index is 2.89. The van der Waals surface area contributed by atoms with E-state index < -0.39 is 47.9 Å². The molecule has 0 unspecified atom stereocenters. The van der Waals surface area contributed by atoms with Crippen molar-refractivity contribution in [3.05, 3.63) is 35.9 Å². The van der Waals surface area contributed by atoms with Crippen molar-refractivity contribution in [1.82, 2.24) is 10.6 Å². The molecule has 168 valence electrons. The number of esters is 1. The van der Waals surface area contributed by atoms with Gasteiger partial charge in [-0.15, -0.1) is 0 Å². The lowest BCUT2D eigenvalue weighted by Gasteiger charge is -2.28. The highest BCUT2D eigenvalue weighted by Crippen LogP contribution is 2.46. The number of halogens is 7. The molecule has 0 saturated heterocycles. The van der Waals surface area contributed by atoms with Crippen LogP contribution in [0, 0.1) is 0 Å². The topological polar surface area (TPSA) is 84.5 Å². The summed E-state index contributed by atoms with van der Waals surface area (Å²) in [5, 5.41) is 3.15. The van der Waals surface area contributed by atoms with Gasteiger partial charge < -0.3 is 15.4 Å². The Morgan fingerprint density at radius 3 is 1.97 bits per heavy atom. The van der Waals surface area contributed by atoms with Gasteiger partial charge in [0.2, 0.25) is 5.91 Å². The molecule has 0 aliphatic carbocycles. The zero-order valence-electron chi connectivity index (χ0n) is 15.5. The molecular formula is C17H17F7N2O4. The zero-order chi connectivity index (χ0) is 23.3. The van der Waals surface area contributed by atoms with Crippen LogP contribution in [0.25, 0.3) is 0 Å². The molecule has 0 aliphatic heterocycles. The van der Waals surface area contributed by atoms with Crippen molar-refractivity contribution in [3.63, 3.8) is 0 Å². The highest BCUT2D eigenvalue weighted by molar-refractivity contribution is 5.92. The van der Waals surface area contributed by atoms with Crippen LogP contribution in [0.1, 0.15) is 12.5 Å². The molecule has 2 atom stereocenters. The Hall–Kier alpha value is -2.86. The number of carbonyl (C=O) groups is 3. The van der Waals surface area contributed by atoms with Crippen molar-refractivity contribution in [1.29, 1.82) is 0 Å². The maximum Gasteiger partial charge on any atom is 0.460 e. The third kappa shape index (κ3) is 5.60. The first kappa shape index (κ1) is 25.2. The Labute approximate surface area is 165 Å². The second-order valence-electron chi connectivity index (χ2n) is 6.12. The summed E-state index contributed by atoms with van der Waals surface area (Å²) in [4.78, 5) is 35.2. The minimum absolute atomic E-state index is 0.109. The number of rotatable bonds is 8. The first-order chi connectivity index (χ1) is 13.6. The van der Waals surface area contributed by atoms with E-state index in [1.807, 2.05) is 0 Å². The molecule has 0 heterocycles. The minimum Gasteiger partial charge on any atom is -0.467 e. The summed E-state index contributed by atoms with van der Waals surface area (Å²) in [7, 11) is 0.997. The summed E-state index contributed by atoms with van der Waals surface area (Å²) in [5.41, 5.74) is 0.557. The van der Waals surface area contributed by atoms with Gasteiger partial charge >= 0.3 is 24.0 Å². The third-order valence-corrected chi connectivity index (χ3v) is 3.86. The van der Waals surface area contributed by atoms with Crippen molar-refractivity contribution in [3.8, 4) is 0 Å². The molecule has 1 rings (SSSR count). The zero-order valence-corrected chi connectivity index (χ0v) is 15.5. The van der Waals surface area contributed by atoms with Gasteiger partial charge in [-0.2, -0.15) is 30.7 Å². The van der Waals surface area contributed by atoms with Crippen LogP contribution in [0.2, 0.25) is 0 Å². The molecule has 0 saturated carbocycles. The second-order valence-corrected chi connectivity index (χ2v) is 6.12. The lowest BCUT2D eigenvalue weighted by Crippen LogP contribution is -2.62. The van der Waals surface area contributed by atoms with Gasteiger partial charge in [-0.25, -0.2) is 4.79 Å². The van der Waals surface area contributed by atoms with Gasteiger partial charge in [0.25, 0.3) is 5.91 Å². The SMILES string of the molecule is COC(=O)[C@H](Cc1ccccc1)NC(=O)[C@H](C)NC(=O)C(F)(F)C(F)(F)C(F)(F)F. The van der Waals surface area contributed by atoms with Gasteiger partial charge in [0, 0.05) is 6.42 Å². The molecule has 0 spiro atoms. The van der Waals surface area contributed by atoms with Crippen LogP contribution < -0.4 is 10.6 Å². The van der Waals surface area contributed by atoms with Crippen LogP contribution >= 0.6 is 0 Å². The molecular weight excluding hydrogens is 429 g/mol. The van der Waals surface area contributed by atoms with Crippen LogP contribution in [0.3, 0.4) is 0 Å². The number of hydrogen-bond donors (Lipinski definition) is 2. The van der Waals surface area contributed by atoms with Crippen LogP contribution in [-0.2, 0) is 25.5 Å². The molecule has 2 N–H and O–H groups in total. The smallest absolute Gasteiger partial charge is 0.460 e. The number of amides is 2. The van der Waals surface area contributed by atoms with E-state index in [2.05, 4.69) is 10.1 Å². The van der Waals surface area contributed by atoms with Crippen molar-refractivity contribution in [2.24, 2.45) is 0 Å². The molecule has 2 amide bonds. The predicted octanol–water partition coefficient (Wildman–Crippen LogP) is 2.22. The Morgan fingerprint density at radius 1 is 0.967 bits per heavy atom. The highest BCUT2D eigenvalue weighted by atomic mass is 19.4. The molecule has 1 aromatic rings. The number of nitrogens with one attached hydrogen (secondary N) is 2. The second kappa shape index (κ2) is 9.30. The molecule has 0 bridgehead atoms. The maximum absolute atomic E-state index is 13.4. The Morgan fingerprint density at radius 2 is 1.50 bits per heavy atom. The van der Waals surface area contributed by atoms with E-state index in [1.165, 1.54) is 0 Å². The number of carbonyl (C=O) groups excluding carboxylic acids is 3. The van der Waals surface area contributed by atoms with Crippen LogP contribution in [0.15, 0.2) is 30.3 Å². The van der Waals surface area contributed by atoms with Crippen molar-refractivity contribution >= 4 is 17.8 Å². The van der Waals surface area contributed by atoms with E-state index in [4.69, 9.17) is 0 Å². The number of methoxy groups -OCH3 is 1. The van der Waals surface area contributed by atoms with E-state index in [9.17, 15) is 45.1 Å². The summed E-state index contributed by atoms with van der Waals surface area (Å²) in [6.45, 7) is 0.756. The summed E-state index contributed by atoms with van der Waals surface area (Å²) in [6, 6.07) is 4.77. The highest BCUT2D eigenvalue weighted by Gasteiger charge is 2.76. The predicted molar refractivity (Wildman–Crippen MR) is 87.6 cm³/mol. The van der Waals surface area contributed by atoms with E-state index in [0.29, 0.717) is 5.56 Å². The normalized spacial score (nSPS) is 14.4. The molecule has 30 heavy (non-hydrogen) atoms. The Bertz CT molecular complexity index is 769. The largest absolute Gasteiger partial charge is 0.467 e. The lowest BCUT2D eigenvalue weighted by atomic mass is 10.1. The van der Waals surface area contributed by atoms with E-state index in [0.717, 1.165) is 19.4 Å². The standard InChI is InChI=1S/C17H17F7N2O4/c1-9(25-14(29)15(18,19)16(20,21)17(22,23)24)12(27)26-11(13(28)30-2)8-10-6-4-3-5-7-10/h3-7,9,11H,8H2,1-2H3,(H,25,29)(H,26,27)/t9-,11-/m0/s1. The Kier molecular flexibility index (Phi) is 7.81. The molecule has 13 heteroatoms. The summed E-state index contributed by atoms with van der Waals surface area (Å²) >= 11 is 0. The maximum atomic E-state index is 13.4. The van der Waals surface area contributed by atoms with Crippen molar-refractivity contribution < 1.29 is 49.9 Å². The fraction of sp³-hybridized carbons (Fsp3) is 0.471. The molecule has 0 radical (unpaired) electrons. The van der Waals surface area contributed by atoms with Crippen LogP contribution in [0.5, 0.6) is 0 Å². The van der Waals surface area contributed by atoms with Gasteiger partial charge in [-0.1, -0.05) is 30.3 Å². The van der Waals surface area contributed by atoms with Gasteiger partial charge in [-0.05, 0) is 12.5 Å². The van der Waals surface area contributed by atoms with Gasteiger partial charge in [-0.3, -0.25) is 9.59 Å². The van der Waals surface area contributed by atoms with Gasteiger partial charge in [0.1, 0.15) is 12.1 Å². The molecule has 1 aromatic carbocycles. The third-order valence-electron chi connectivity index (χ3n) is 3.86. The quantitative estimate of drug-likeness (QED) is 0.474. The summed E-state index contributed by atoms with van der Waals surface area (Å²) in [6.07, 6.45) is -6.81. The van der Waals surface area contributed by atoms with Crippen LogP contribution in [0.4, 0.5) is 30.7 Å². The number of ether oxygens (including phenoxy) is 1. The summed E-state index contributed by atoms with van der Waals surface area (Å²) in [5.74, 6) is -18.1. The molecule has 6 nitrogen and oxygen atoms in total. The number of hydrogen-bond acceptors (Lipinski definition) is 4. The minimum atomic E-state index is -6.70. The monoisotopic (exact) mass is 446 g/mol. The van der Waals surface area contributed by atoms with Crippen LogP contribution in [-0.4, -0.2) is 55.0 Å². The number of benzene rings is 1.